The van der Waals surface area contributed by atoms with Crippen LogP contribution in [0.5, 0.6) is 11.5 Å². The van der Waals surface area contributed by atoms with Crippen molar-refractivity contribution in [2.75, 3.05) is 0 Å². The van der Waals surface area contributed by atoms with E-state index in [2.05, 4.69) is 6.92 Å². The van der Waals surface area contributed by atoms with Crippen LogP contribution in [0, 0.1) is 5.92 Å². The quantitative estimate of drug-likeness (QED) is 0.245. The summed E-state index contributed by atoms with van der Waals surface area (Å²) in [6, 6.07) is 1.39. The van der Waals surface area contributed by atoms with Crippen molar-refractivity contribution < 1.29 is 19.4 Å². The Morgan fingerprint density at radius 3 is 2.45 bits per heavy atom. The lowest BCUT2D eigenvalue weighted by Gasteiger charge is -2.18. The molecule has 1 atom stereocenters. The lowest BCUT2D eigenvalue weighted by atomic mass is 9.89. The molecule has 0 bridgehead atoms. The molecule has 0 aliphatic rings. The predicted molar refractivity (Wildman–Crippen MR) is 116 cm³/mol. The van der Waals surface area contributed by atoms with Crippen molar-refractivity contribution in [2.45, 2.75) is 73.1 Å². The first-order chi connectivity index (χ1) is 13.7. The number of unbranched alkanes of at least 4 members (excludes halogenated alkanes) is 2. The van der Waals surface area contributed by atoms with Gasteiger partial charge in [0.2, 0.25) is 0 Å². The van der Waals surface area contributed by atoms with Crippen molar-refractivity contribution in [1.29, 1.82) is 0 Å². The largest absolute Gasteiger partial charge is 0.507 e. The highest BCUT2D eigenvalue weighted by Crippen LogP contribution is 2.42. The lowest BCUT2D eigenvalue weighted by Crippen LogP contribution is -2.13. The molecular weight excluding hydrogens is 368 g/mol. The number of aromatic hydroxyl groups is 2. The van der Waals surface area contributed by atoms with Crippen LogP contribution >= 0.6 is 0 Å². The standard InChI is InChI=1S/C24H32O5/c1-6-8-9-10-16-13-18(25)29-24-17(12-11-14(3)4)22(27)20(23(28)19(16)24)21(26)15(5)7-2/h11,13,15,27-28H,6-10,12H2,1-5H3/t15-/m0/s1. The molecule has 1 aromatic heterocycles. The van der Waals surface area contributed by atoms with E-state index < -0.39 is 5.63 Å². The molecule has 5 heteroatoms. The van der Waals surface area contributed by atoms with Gasteiger partial charge in [0.25, 0.3) is 0 Å². The van der Waals surface area contributed by atoms with Crippen LogP contribution < -0.4 is 5.63 Å². The van der Waals surface area contributed by atoms with Crippen molar-refractivity contribution in [3.05, 3.63) is 44.8 Å². The molecular formula is C24H32O5. The van der Waals surface area contributed by atoms with E-state index in [4.69, 9.17) is 4.42 Å². The molecule has 2 rings (SSSR count). The first kappa shape index (κ1) is 22.7. The molecule has 0 fully saturated rings. The molecule has 0 saturated carbocycles. The summed E-state index contributed by atoms with van der Waals surface area (Å²) in [5.41, 5.74) is 1.61. The fourth-order valence-corrected chi connectivity index (χ4v) is 3.43. The molecule has 5 nitrogen and oxygen atoms in total. The van der Waals surface area contributed by atoms with Gasteiger partial charge in [-0.15, -0.1) is 0 Å². The summed E-state index contributed by atoms with van der Waals surface area (Å²) in [6.45, 7) is 9.60. The van der Waals surface area contributed by atoms with Gasteiger partial charge in [-0.1, -0.05) is 45.3 Å². The fraction of sp³-hybridized carbons (Fsp3) is 0.500. The third kappa shape index (κ3) is 4.89. The van der Waals surface area contributed by atoms with Gasteiger partial charge in [-0.2, -0.15) is 0 Å². The summed E-state index contributed by atoms with van der Waals surface area (Å²) < 4.78 is 5.44. The molecule has 0 aliphatic heterocycles. The van der Waals surface area contributed by atoms with Crippen molar-refractivity contribution in [3.63, 3.8) is 0 Å². The van der Waals surface area contributed by atoms with Crippen LogP contribution in [0.15, 0.2) is 26.9 Å². The maximum atomic E-state index is 13.0. The highest BCUT2D eigenvalue weighted by atomic mass is 16.4. The van der Waals surface area contributed by atoms with Crippen molar-refractivity contribution >= 4 is 16.8 Å². The van der Waals surface area contributed by atoms with E-state index in [0.29, 0.717) is 35.8 Å². The number of Topliss-reactive ketones (excluding diaryl/α,β-unsaturated/α-hetero) is 1. The molecule has 0 aliphatic carbocycles. The van der Waals surface area contributed by atoms with Crippen LogP contribution in [-0.2, 0) is 12.8 Å². The van der Waals surface area contributed by atoms with Gasteiger partial charge < -0.3 is 14.6 Å². The van der Waals surface area contributed by atoms with E-state index in [-0.39, 0.29) is 34.3 Å². The minimum atomic E-state index is -0.526. The SMILES string of the molecule is CCCCCc1cc(=O)oc2c(CC=C(C)C)c(O)c(C(=O)[C@@H](C)CC)c(O)c12. The van der Waals surface area contributed by atoms with E-state index >= 15 is 0 Å². The topological polar surface area (TPSA) is 87.7 Å². The molecule has 0 spiro atoms. The van der Waals surface area contributed by atoms with Crippen LogP contribution in [0.2, 0.25) is 0 Å². The predicted octanol–water partition coefficient (Wildman–Crippen LogP) is 5.67. The van der Waals surface area contributed by atoms with Crippen molar-refractivity contribution in [1.82, 2.24) is 0 Å². The number of phenols is 2. The second kappa shape index (κ2) is 9.77. The molecule has 0 unspecified atom stereocenters. The molecule has 0 radical (unpaired) electrons. The number of fused-ring (bicyclic) bond motifs is 1. The number of hydrogen-bond donors (Lipinski definition) is 2. The molecule has 29 heavy (non-hydrogen) atoms. The highest BCUT2D eigenvalue weighted by molar-refractivity contribution is 6.09. The minimum absolute atomic E-state index is 0.0744. The van der Waals surface area contributed by atoms with Gasteiger partial charge in [0.05, 0.1) is 5.39 Å². The molecule has 158 valence electrons. The third-order valence-electron chi connectivity index (χ3n) is 5.38. The molecule has 0 amide bonds. The van der Waals surface area contributed by atoms with E-state index in [1.54, 1.807) is 6.92 Å². The monoisotopic (exact) mass is 400 g/mol. The molecule has 2 aromatic rings. The van der Waals surface area contributed by atoms with Crippen LogP contribution in [0.25, 0.3) is 11.0 Å². The zero-order chi connectivity index (χ0) is 21.7. The summed E-state index contributed by atoms with van der Waals surface area (Å²) in [4.78, 5) is 25.2. The third-order valence-corrected chi connectivity index (χ3v) is 5.38. The van der Waals surface area contributed by atoms with Crippen molar-refractivity contribution in [3.8, 4) is 11.5 Å². The summed E-state index contributed by atoms with van der Waals surface area (Å²) >= 11 is 0. The van der Waals surface area contributed by atoms with Crippen molar-refractivity contribution in [2.24, 2.45) is 5.92 Å². The molecule has 1 aromatic carbocycles. The summed E-state index contributed by atoms with van der Waals surface area (Å²) in [5, 5.41) is 22.3. The van der Waals surface area contributed by atoms with Gasteiger partial charge in [0.1, 0.15) is 22.6 Å². The average molecular weight is 401 g/mol. The zero-order valence-electron chi connectivity index (χ0n) is 18.1. The number of allylic oxidation sites excluding steroid dienone is 2. The maximum Gasteiger partial charge on any atom is 0.336 e. The Balaban J connectivity index is 2.88. The zero-order valence-corrected chi connectivity index (χ0v) is 18.1. The summed E-state index contributed by atoms with van der Waals surface area (Å²) in [7, 11) is 0. The Hall–Kier alpha value is -2.56. The molecule has 2 N–H and O–H groups in total. The first-order valence-electron chi connectivity index (χ1n) is 10.4. The number of phenolic OH excluding ortho intramolecular Hbond substituents is 2. The average Bonchev–Trinajstić information content (AvgIpc) is 2.66. The lowest BCUT2D eigenvalue weighted by molar-refractivity contribution is 0.0921. The van der Waals surface area contributed by atoms with Gasteiger partial charge in [0, 0.05) is 17.5 Å². The van der Waals surface area contributed by atoms with E-state index in [1.807, 2.05) is 26.8 Å². The summed E-state index contributed by atoms with van der Waals surface area (Å²) in [6.07, 6.45) is 6.24. The van der Waals surface area contributed by atoms with E-state index in [0.717, 1.165) is 24.8 Å². The van der Waals surface area contributed by atoms with Gasteiger partial charge >= 0.3 is 5.63 Å². The number of benzene rings is 1. The summed E-state index contributed by atoms with van der Waals surface area (Å²) in [5.74, 6) is -1.25. The number of carbonyl (C=O) groups excluding carboxylic acids is 1. The Morgan fingerprint density at radius 1 is 1.17 bits per heavy atom. The van der Waals surface area contributed by atoms with Crippen LogP contribution in [0.3, 0.4) is 0 Å². The second-order valence-corrected chi connectivity index (χ2v) is 7.96. The van der Waals surface area contributed by atoms with Crippen LogP contribution in [0.4, 0.5) is 0 Å². The number of aryl methyl sites for hydroxylation is 1. The number of rotatable bonds is 9. The van der Waals surface area contributed by atoms with Crippen LogP contribution in [-0.4, -0.2) is 16.0 Å². The van der Waals surface area contributed by atoms with E-state index in [1.165, 1.54) is 6.07 Å². The second-order valence-electron chi connectivity index (χ2n) is 7.96. The Labute approximate surface area is 172 Å². The first-order valence-corrected chi connectivity index (χ1v) is 10.4. The van der Waals surface area contributed by atoms with E-state index in [9.17, 15) is 19.8 Å². The van der Waals surface area contributed by atoms with Gasteiger partial charge in [-0.3, -0.25) is 4.79 Å². The molecule has 0 saturated heterocycles. The number of hydrogen-bond acceptors (Lipinski definition) is 5. The Morgan fingerprint density at radius 2 is 1.86 bits per heavy atom. The van der Waals surface area contributed by atoms with Gasteiger partial charge in [-0.25, -0.2) is 4.79 Å². The normalized spacial score (nSPS) is 12.2. The number of carbonyl (C=O) groups is 1. The Kier molecular flexibility index (Phi) is 7.66. The smallest absolute Gasteiger partial charge is 0.336 e. The maximum absolute atomic E-state index is 13.0. The molecule has 1 heterocycles. The Bertz CT molecular complexity index is 977. The van der Waals surface area contributed by atoms with Gasteiger partial charge in [0.15, 0.2) is 5.78 Å². The number of ketones is 1. The van der Waals surface area contributed by atoms with Gasteiger partial charge in [-0.05, 0) is 45.1 Å². The fourth-order valence-electron chi connectivity index (χ4n) is 3.43. The minimum Gasteiger partial charge on any atom is -0.507 e. The highest BCUT2D eigenvalue weighted by Gasteiger charge is 2.28. The van der Waals surface area contributed by atoms with Crippen LogP contribution in [0.1, 0.15) is 81.8 Å².